The predicted molar refractivity (Wildman–Crippen MR) is 92.5 cm³/mol. The van der Waals surface area contributed by atoms with E-state index in [1.54, 1.807) is 14.2 Å². The lowest BCUT2D eigenvalue weighted by atomic mass is 9.77. The van der Waals surface area contributed by atoms with Gasteiger partial charge in [0.15, 0.2) is 11.5 Å². The zero-order valence-corrected chi connectivity index (χ0v) is 14.5. The molecule has 3 N–H and O–H groups in total. The van der Waals surface area contributed by atoms with Crippen LogP contribution in [0.3, 0.4) is 0 Å². The van der Waals surface area contributed by atoms with Crippen LogP contribution >= 0.6 is 0 Å². The van der Waals surface area contributed by atoms with Gasteiger partial charge in [0.05, 0.1) is 13.7 Å². The van der Waals surface area contributed by atoms with Crippen molar-refractivity contribution < 1.29 is 19.0 Å². The van der Waals surface area contributed by atoms with E-state index in [0.29, 0.717) is 24.9 Å². The maximum atomic E-state index is 11.3. The summed E-state index contributed by atoms with van der Waals surface area (Å²) in [6, 6.07) is 5.51. The molecule has 1 atom stereocenters. The second-order valence-corrected chi connectivity index (χ2v) is 6.19. The molecule has 0 saturated heterocycles. The SMILES string of the molecule is COCCCOc1cc(CC(NC(N)=O)C2CCC2)ccc1OC. The fraction of sp³-hybridized carbons (Fsp3) is 0.611. The Bertz CT molecular complexity index is 532. The average Bonchev–Trinajstić information content (AvgIpc) is 2.49. The lowest BCUT2D eigenvalue weighted by Gasteiger charge is -2.34. The molecule has 0 radical (unpaired) electrons. The van der Waals surface area contributed by atoms with E-state index in [1.165, 1.54) is 6.42 Å². The standard InChI is InChI=1S/C18H28N2O4/c1-22-9-4-10-24-17-12-13(7-8-16(17)23-2)11-15(20-18(19)21)14-5-3-6-14/h7-8,12,14-15H,3-6,9-11H2,1-2H3,(H3,19,20,21). The molecule has 0 aliphatic heterocycles. The Morgan fingerprint density at radius 1 is 1.29 bits per heavy atom. The van der Waals surface area contributed by atoms with Gasteiger partial charge < -0.3 is 25.3 Å². The van der Waals surface area contributed by atoms with Crippen molar-refractivity contribution in [3.8, 4) is 11.5 Å². The minimum atomic E-state index is -0.462. The van der Waals surface area contributed by atoms with Crippen molar-refractivity contribution in [3.63, 3.8) is 0 Å². The molecule has 1 unspecified atom stereocenters. The third kappa shape index (κ3) is 5.30. The number of hydrogen-bond acceptors (Lipinski definition) is 4. The van der Waals surface area contributed by atoms with Gasteiger partial charge in [-0.3, -0.25) is 0 Å². The van der Waals surface area contributed by atoms with Crippen LogP contribution in [0.4, 0.5) is 4.79 Å². The molecule has 1 saturated carbocycles. The smallest absolute Gasteiger partial charge is 0.312 e. The van der Waals surface area contributed by atoms with Crippen molar-refractivity contribution >= 4 is 6.03 Å². The molecule has 1 aromatic rings. The van der Waals surface area contributed by atoms with Crippen molar-refractivity contribution in [3.05, 3.63) is 23.8 Å². The van der Waals surface area contributed by atoms with E-state index in [4.69, 9.17) is 19.9 Å². The molecule has 134 valence electrons. The molecule has 1 aliphatic carbocycles. The molecule has 0 spiro atoms. The quantitative estimate of drug-likeness (QED) is 0.643. The number of rotatable bonds is 10. The van der Waals surface area contributed by atoms with Crippen molar-refractivity contribution in [2.45, 2.75) is 38.1 Å². The second-order valence-electron chi connectivity index (χ2n) is 6.19. The second kappa shape index (κ2) is 9.37. The molecule has 0 heterocycles. The predicted octanol–water partition coefficient (Wildman–Crippen LogP) is 2.49. The van der Waals surface area contributed by atoms with Crippen LogP contribution in [0.1, 0.15) is 31.2 Å². The van der Waals surface area contributed by atoms with Gasteiger partial charge in [-0.05, 0) is 42.9 Å². The average molecular weight is 336 g/mol. The lowest BCUT2D eigenvalue weighted by Crippen LogP contribution is -2.46. The first-order valence-electron chi connectivity index (χ1n) is 8.48. The molecular weight excluding hydrogens is 308 g/mol. The highest BCUT2D eigenvalue weighted by molar-refractivity contribution is 5.72. The minimum Gasteiger partial charge on any atom is -0.493 e. The molecule has 6 heteroatoms. The third-order valence-corrected chi connectivity index (χ3v) is 4.48. The number of ether oxygens (including phenoxy) is 3. The Balaban J connectivity index is 2.03. The van der Waals surface area contributed by atoms with Gasteiger partial charge in [0, 0.05) is 26.2 Å². The summed E-state index contributed by atoms with van der Waals surface area (Å²) in [6.45, 7) is 1.23. The maximum absolute atomic E-state index is 11.3. The van der Waals surface area contributed by atoms with E-state index in [1.807, 2.05) is 18.2 Å². The largest absolute Gasteiger partial charge is 0.493 e. The molecule has 2 amide bonds. The Morgan fingerprint density at radius 3 is 2.67 bits per heavy atom. The highest BCUT2D eigenvalue weighted by Gasteiger charge is 2.28. The van der Waals surface area contributed by atoms with Gasteiger partial charge >= 0.3 is 6.03 Å². The highest BCUT2D eigenvalue weighted by Crippen LogP contribution is 2.33. The summed E-state index contributed by atoms with van der Waals surface area (Å²) < 4.78 is 16.2. The maximum Gasteiger partial charge on any atom is 0.312 e. The first-order chi connectivity index (χ1) is 11.6. The van der Waals surface area contributed by atoms with Gasteiger partial charge in [0.25, 0.3) is 0 Å². The van der Waals surface area contributed by atoms with E-state index in [0.717, 1.165) is 37.0 Å². The van der Waals surface area contributed by atoms with Gasteiger partial charge in [-0.15, -0.1) is 0 Å². The van der Waals surface area contributed by atoms with Crippen molar-refractivity contribution in [2.24, 2.45) is 11.7 Å². The van der Waals surface area contributed by atoms with Gasteiger partial charge in [-0.1, -0.05) is 12.5 Å². The Labute approximate surface area is 143 Å². The first kappa shape index (κ1) is 18.4. The third-order valence-electron chi connectivity index (χ3n) is 4.48. The van der Waals surface area contributed by atoms with E-state index in [-0.39, 0.29) is 6.04 Å². The molecule has 24 heavy (non-hydrogen) atoms. The van der Waals surface area contributed by atoms with E-state index in [2.05, 4.69) is 5.32 Å². The number of primary amides is 1. The normalized spacial score (nSPS) is 15.4. The number of carbonyl (C=O) groups excluding carboxylic acids is 1. The molecular formula is C18H28N2O4. The van der Waals surface area contributed by atoms with Crippen LogP contribution in [0.15, 0.2) is 18.2 Å². The molecule has 6 nitrogen and oxygen atoms in total. The fourth-order valence-corrected chi connectivity index (χ4v) is 2.96. The summed E-state index contributed by atoms with van der Waals surface area (Å²) in [5.41, 5.74) is 6.43. The number of nitrogens with two attached hydrogens (primary N) is 1. The summed E-state index contributed by atoms with van der Waals surface area (Å²) in [4.78, 5) is 11.3. The summed E-state index contributed by atoms with van der Waals surface area (Å²) in [6.07, 6.45) is 5.06. The van der Waals surface area contributed by atoms with Gasteiger partial charge in [0.1, 0.15) is 0 Å². The van der Waals surface area contributed by atoms with Crippen molar-refractivity contribution in [1.29, 1.82) is 0 Å². The van der Waals surface area contributed by atoms with Crippen LogP contribution in [0.25, 0.3) is 0 Å². The monoisotopic (exact) mass is 336 g/mol. The fourth-order valence-electron chi connectivity index (χ4n) is 2.96. The number of methoxy groups -OCH3 is 2. The van der Waals surface area contributed by atoms with Crippen LogP contribution in [-0.4, -0.2) is 39.5 Å². The number of carbonyl (C=O) groups is 1. The number of benzene rings is 1. The highest BCUT2D eigenvalue weighted by atomic mass is 16.5. The van der Waals surface area contributed by atoms with Crippen LogP contribution in [-0.2, 0) is 11.2 Å². The summed E-state index contributed by atoms with van der Waals surface area (Å²) in [5, 5.41) is 2.89. The van der Waals surface area contributed by atoms with Gasteiger partial charge in [-0.25, -0.2) is 4.79 Å². The zero-order chi connectivity index (χ0) is 17.4. The van der Waals surface area contributed by atoms with Crippen LogP contribution in [0, 0.1) is 5.92 Å². The Kier molecular flexibility index (Phi) is 7.18. The van der Waals surface area contributed by atoms with Crippen LogP contribution in [0.2, 0.25) is 0 Å². The van der Waals surface area contributed by atoms with Crippen LogP contribution in [0.5, 0.6) is 11.5 Å². The summed E-state index contributed by atoms with van der Waals surface area (Å²) in [5.74, 6) is 1.93. The molecule has 0 bridgehead atoms. The number of amides is 2. The summed E-state index contributed by atoms with van der Waals surface area (Å²) >= 11 is 0. The molecule has 1 aliphatic rings. The number of hydrogen-bond donors (Lipinski definition) is 2. The topological polar surface area (TPSA) is 82.8 Å². The van der Waals surface area contributed by atoms with Crippen molar-refractivity contribution in [1.82, 2.24) is 5.32 Å². The van der Waals surface area contributed by atoms with E-state index in [9.17, 15) is 4.79 Å². The first-order valence-corrected chi connectivity index (χ1v) is 8.48. The van der Waals surface area contributed by atoms with E-state index < -0.39 is 6.03 Å². The minimum absolute atomic E-state index is 0.0750. The van der Waals surface area contributed by atoms with Gasteiger partial charge in [-0.2, -0.15) is 0 Å². The lowest BCUT2D eigenvalue weighted by molar-refractivity contribution is 0.170. The Morgan fingerprint density at radius 2 is 2.08 bits per heavy atom. The number of urea groups is 1. The number of nitrogens with one attached hydrogen (secondary N) is 1. The van der Waals surface area contributed by atoms with E-state index >= 15 is 0 Å². The molecule has 0 aromatic heterocycles. The molecule has 1 aromatic carbocycles. The molecule has 2 rings (SSSR count). The summed E-state index contributed by atoms with van der Waals surface area (Å²) in [7, 11) is 3.30. The molecule has 1 fully saturated rings. The van der Waals surface area contributed by atoms with Crippen molar-refractivity contribution in [2.75, 3.05) is 27.4 Å². The van der Waals surface area contributed by atoms with Gasteiger partial charge in [0.2, 0.25) is 0 Å². The Hall–Kier alpha value is -1.95. The van der Waals surface area contributed by atoms with Crippen LogP contribution < -0.4 is 20.5 Å². The zero-order valence-electron chi connectivity index (χ0n) is 14.5.